The Morgan fingerprint density at radius 3 is 2.62 bits per heavy atom. The van der Waals surface area contributed by atoms with E-state index in [4.69, 9.17) is 0 Å². The van der Waals surface area contributed by atoms with Gasteiger partial charge in [0, 0.05) is 0 Å². The summed E-state index contributed by atoms with van der Waals surface area (Å²) < 4.78 is 24.5. The van der Waals surface area contributed by atoms with Crippen LogP contribution in [0.2, 0.25) is 6.32 Å². The number of hydrogen-bond donors (Lipinski definition) is 1. The molecule has 4 nitrogen and oxygen atoms in total. The molecule has 1 aliphatic carbocycles. The van der Waals surface area contributed by atoms with Crippen LogP contribution in [0.1, 0.15) is 26.2 Å². The summed E-state index contributed by atoms with van der Waals surface area (Å²) in [5, 5.41) is -0.327. The lowest BCUT2D eigenvalue weighted by molar-refractivity contribution is 0.263. The number of amides is 1. The topological polar surface area (TPSA) is 63.2 Å². The van der Waals surface area contributed by atoms with Crippen molar-refractivity contribution in [3.05, 3.63) is 0 Å². The quantitative estimate of drug-likeness (QED) is 0.668. The first-order valence-electron chi connectivity index (χ1n) is 4.45. The van der Waals surface area contributed by atoms with Gasteiger partial charge in [-0.3, -0.25) is 9.52 Å². The van der Waals surface area contributed by atoms with Crippen LogP contribution in [0, 0.1) is 0 Å². The predicted octanol–water partition coefficient (Wildman–Crippen LogP) is 0.721. The highest BCUT2D eigenvalue weighted by Crippen LogP contribution is 2.27. The van der Waals surface area contributed by atoms with Crippen LogP contribution >= 0.6 is 0 Å². The molecule has 0 bridgehead atoms. The Labute approximate surface area is 79.4 Å². The number of rotatable bonds is 5. The smallest absolute Gasteiger partial charge is 0.237 e. The molecule has 1 rings (SSSR count). The fourth-order valence-corrected chi connectivity index (χ4v) is 2.21. The minimum atomic E-state index is -3.35. The van der Waals surface area contributed by atoms with Gasteiger partial charge in [-0.25, -0.2) is 8.42 Å². The van der Waals surface area contributed by atoms with E-state index in [1.807, 2.05) is 11.6 Å². The first-order valence-corrected chi connectivity index (χ1v) is 5.99. The van der Waals surface area contributed by atoms with E-state index in [0.29, 0.717) is 19.2 Å². The van der Waals surface area contributed by atoms with Gasteiger partial charge in [0.1, 0.15) is 0 Å². The van der Waals surface area contributed by atoms with Gasteiger partial charge in [0.2, 0.25) is 17.3 Å². The molecular formula is C7H13BNO3S. The Bertz CT molecular complexity index is 284. The molecule has 0 saturated heterocycles. The van der Waals surface area contributed by atoms with Crippen molar-refractivity contribution in [3.63, 3.8) is 0 Å². The first-order chi connectivity index (χ1) is 6.06. The summed E-state index contributed by atoms with van der Waals surface area (Å²) in [6, 6.07) is 0. The number of hydrogen-bond acceptors (Lipinski definition) is 3. The fraction of sp³-hybridized carbons (Fsp3) is 0.857. The Morgan fingerprint density at radius 1 is 1.54 bits per heavy atom. The van der Waals surface area contributed by atoms with Crippen molar-refractivity contribution < 1.29 is 13.2 Å². The summed E-state index contributed by atoms with van der Waals surface area (Å²) in [5.41, 5.74) is 0. The van der Waals surface area contributed by atoms with Crippen LogP contribution in [-0.4, -0.2) is 26.8 Å². The van der Waals surface area contributed by atoms with Gasteiger partial charge in [-0.15, -0.1) is 0 Å². The van der Waals surface area contributed by atoms with Crippen molar-refractivity contribution >= 4 is 23.1 Å². The highest BCUT2D eigenvalue weighted by molar-refractivity contribution is 7.91. The minimum Gasteiger partial charge on any atom is -0.287 e. The molecular weight excluding hydrogens is 189 g/mol. The van der Waals surface area contributed by atoms with Crippen LogP contribution in [0.3, 0.4) is 0 Å². The number of nitrogens with one attached hydrogen (secondary N) is 1. The van der Waals surface area contributed by atoms with Crippen LogP contribution in [0.4, 0.5) is 4.79 Å². The number of carbonyl (C=O) groups is 1. The molecule has 1 fully saturated rings. The fourth-order valence-electron chi connectivity index (χ4n) is 0.919. The Kier molecular flexibility index (Phi) is 3.36. The van der Waals surface area contributed by atoms with Gasteiger partial charge >= 0.3 is 0 Å². The van der Waals surface area contributed by atoms with Crippen LogP contribution in [0.25, 0.3) is 0 Å². The standard InChI is InChI=1S/C7H13BNO3S/c1-2-5-8-7(10)9-13(11,12)6-3-4-6/h6H,2-5H2,1H3,(H,9,10). The predicted molar refractivity (Wildman–Crippen MR) is 51.3 cm³/mol. The maximum atomic E-state index is 11.2. The summed E-state index contributed by atoms with van der Waals surface area (Å²) in [6.45, 7) is 1.93. The molecule has 0 aromatic carbocycles. The summed E-state index contributed by atoms with van der Waals surface area (Å²) in [6.07, 6.45) is 2.82. The van der Waals surface area contributed by atoms with Crippen molar-refractivity contribution in [2.45, 2.75) is 37.8 Å². The largest absolute Gasteiger partial charge is 0.287 e. The van der Waals surface area contributed by atoms with Gasteiger partial charge in [-0.05, 0) is 12.8 Å². The van der Waals surface area contributed by atoms with Crippen LogP contribution in [0.5, 0.6) is 0 Å². The van der Waals surface area contributed by atoms with Gasteiger partial charge in [0.05, 0.1) is 5.25 Å². The molecule has 6 heteroatoms. The second-order valence-corrected chi connectivity index (χ2v) is 5.16. The highest BCUT2D eigenvalue weighted by Gasteiger charge is 2.36. The molecule has 0 unspecified atom stereocenters. The molecule has 1 radical (unpaired) electrons. The second kappa shape index (κ2) is 4.13. The van der Waals surface area contributed by atoms with E-state index in [0.717, 1.165) is 6.42 Å². The third-order valence-corrected chi connectivity index (χ3v) is 3.66. The molecule has 1 amide bonds. The van der Waals surface area contributed by atoms with Crippen LogP contribution in [-0.2, 0) is 10.0 Å². The lowest BCUT2D eigenvalue weighted by Crippen LogP contribution is -2.35. The Balaban J connectivity index is 2.34. The van der Waals surface area contributed by atoms with E-state index in [9.17, 15) is 13.2 Å². The van der Waals surface area contributed by atoms with E-state index in [2.05, 4.69) is 0 Å². The van der Waals surface area contributed by atoms with Crippen molar-refractivity contribution in [2.24, 2.45) is 0 Å². The van der Waals surface area contributed by atoms with Crippen LogP contribution in [0.15, 0.2) is 0 Å². The molecule has 0 atom stereocenters. The van der Waals surface area contributed by atoms with Crippen molar-refractivity contribution in [2.75, 3.05) is 0 Å². The lowest BCUT2D eigenvalue weighted by Gasteiger charge is -2.03. The third kappa shape index (κ3) is 3.38. The van der Waals surface area contributed by atoms with E-state index in [1.165, 1.54) is 7.28 Å². The van der Waals surface area contributed by atoms with Crippen molar-refractivity contribution in [1.29, 1.82) is 0 Å². The summed E-state index contributed by atoms with van der Waals surface area (Å²) >= 11 is 0. The van der Waals surface area contributed by atoms with Crippen LogP contribution < -0.4 is 4.72 Å². The Hall–Kier alpha value is -0.515. The van der Waals surface area contributed by atoms with E-state index >= 15 is 0 Å². The Morgan fingerprint density at radius 2 is 2.15 bits per heavy atom. The molecule has 1 aliphatic rings. The zero-order chi connectivity index (χ0) is 9.90. The highest BCUT2D eigenvalue weighted by atomic mass is 32.2. The van der Waals surface area contributed by atoms with Gasteiger partial charge in [0.15, 0.2) is 5.81 Å². The molecule has 13 heavy (non-hydrogen) atoms. The second-order valence-electron chi connectivity index (χ2n) is 3.20. The summed E-state index contributed by atoms with van der Waals surface area (Å²) in [7, 11) is -1.97. The molecule has 0 aliphatic heterocycles. The number of carbonyl (C=O) groups excluding carboxylic acids is 1. The van der Waals surface area contributed by atoms with E-state index in [-0.39, 0.29) is 5.25 Å². The zero-order valence-electron chi connectivity index (χ0n) is 7.62. The maximum Gasteiger partial charge on any atom is 0.237 e. The molecule has 0 spiro atoms. The monoisotopic (exact) mass is 202 g/mol. The van der Waals surface area contributed by atoms with E-state index < -0.39 is 15.8 Å². The molecule has 73 valence electrons. The third-order valence-electron chi connectivity index (χ3n) is 1.82. The summed E-state index contributed by atoms with van der Waals surface area (Å²) in [4.78, 5) is 11.0. The normalized spacial score (nSPS) is 16.7. The van der Waals surface area contributed by atoms with Crippen molar-refractivity contribution in [3.8, 4) is 0 Å². The first kappa shape index (κ1) is 10.6. The lowest BCUT2D eigenvalue weighted by atomic mass is 9.73. The van der Waals surface area contributed by atoms with Gasteiger partial charge in [0.25, 0.3) is 0 Å². The van der Waals surface area contributed by atoms with E-state index in [1.54, 1.807) is 0 Å². The minimum absolute atomic E-state index is 0.327. The van der Waals surface area contributed by atoms with Crippen molar-refractivity contribution in [1.82, 2.24) is 4.72 Å². The van der Waals surface area contributed by atoms with Gasteiger partial charge in [-0.2, -0.15) is 0 Å². The molecule has 0 heterocycles. The SMILES string of the molecule is CCC[B]C(=O)NS(=O)(=O)C1CC1. The molecule has 1 N–H and O–H groups in total. The average Bonchev–Trinajstić information content (AvgIpc) is 2.81. The summed E-state index contributed by atoms with van der Waals surface area (Å²) in [5.74, 6) is -0.492. The molecule has 0 aromatic heterocycles. The maximum absolute atomic E-state index is 11.2. The molecule has 0 aromatic rings. The van der Waals surface area contributed by atoms with Gasteiger partial charge < -0.3 is 0 Å². The zero-order valence-corrected chi connectivity index (χ0v) is 8.43. The molecule has 1 saturated carbocycles. The van der Waals surface area contributed by atoms with Gasteiger partial charge in [-0.1, -0.05) is 19.7 Å². The number of sulfonamides is 1. The average molecular weight is 202 g/mol.